The Bertz CT molecular complexity index is 1160. The SMILES string of the molecule is COc1ccc(NC(=O)C2CCCN(c3ncccc3C(F)(F)F)C2)cc1OCc1ccncc1. The second kappa shape index (κ2) is 10.6. The van der Waals surface area contributed by atoms with Crippen LogP contribution in [0.1, 0.15) is 24.0 Å². The molecule has 7 nitrogen and oxygen atoms in total. The molecule has 1 atom stereocenters. The summed E-state index contributed by atoms with van der Waals surface area (Å²) < 4.78 is 51.6. The molecular formula is C25H25F3N4O3. The number of benzene rings is 1. The number of carbonyl (C=O) groups excluding carboxylic acids is 1. The number of methoxy groups -OCH3 is 1. The highest BCUT2D eigenvalue weighted by Gasteiger charge is 2.37. The molecule has 1 N–H and O–H groups in total. The van der Waals surface area contributed by atoms with Crippen molar-refractivity contribution in [2.75, 3.05) is 30.4 Å². The molecule has 35 heavy (non-hydrogen) atoms. The highest BCUT2D eigenvalue weighted by molar-refractivity contribution is 5.93. The molecule has 0 radical (unpaired) electrons. The van der Waals surface area contributed by atoms with Crippen molar-refractivity contribution in [3.63, 3.8) is 0 Å². The third kappa shape index (κ3) is 6.00. The van der Waals surface area contributed by atoms with E-state index in [4.69, 9.17) is 9.47 Å². The van der Waals surface area contributed by atoms with Gasteiger partial charge >= 0.3 is 6.18 Å². The zero-order valence-electron chi connectivity index (χ0n) is 19.1. The molecule has 0 spiro atoms. The van der Waals surface area contributed by atoms with Gasteiger partial charge in [0.1, 0.15) is 12.4 Å². The van der Waals surface area contributed by atoms with Gasteiger partial charge in [-0.25, -0.2) is 4.98 Å². The van der Waals surface area contributed by atoms with E-state index in [0.717, 1.165) is 11.6 Å². The Balaban J connectivity index is 1.45. The van der Waals surface area contributed by atoms with E-state index in [1.807, 2.05) is 12.1 Å². The fourth-order valence-electron chi connectivity index (χ4n) is 4.01. The summed E-state index contributed by atoms with van der Waals surface area (Å²) in [6.45, 7) is 0.840. The van der Waals surface area contributed by atoms with Gasteiger partial charge in [0.05, 0.1) is 18.6 Å². The quantitative estimate of drug-likeness (QED) is 0.510. The zero-order chi connectivity index (χ0) is 24.8. The number of piperidine rings is 1. The molecule has 4 rings (SSSR count). The molecule has 1 aliphatic heterocycles. The number of nitrogens with one attached hydrogen (secondary N) is 1. The first-order valence-electron chi connectivity index (χ1n) is 11.1. The summed E-state index contributed by atoms with van der Waals surface area (Å²) >= 11 is 0. The van der Waals surface area contributed by atoms with Crippen molar-refractivity contribution in [1.29, 1.82) is 0 Å². The Kier molecular flexibility index (Phi) is 7.38. The summed E-state index contributed by atoms with van der Waals surface area (Å²) in [5.41, 5.74) is 0.630. The fourth-order valence-corrected chi connectivity index (χ4v) is 4.01. The van der Waals surface area contributed by atoms with Crippen LogP contribution in [0.5, 0.6) is 11.5 Å². The minimum absolute atomic E-state index is 0.145. The van der Waals surface area contributed by atoms with Gasteiger partial charge in [0, 0.05) is 43.4 Å². The number of anilines is 2. The van der Waals surface area contributed by atoms with E-state index in [1.54, 1.807) is 30.6 Å². The van der Waals surface area contributed by atoms with E-state index in [9.17, 15) is 18.0 Å². The minimum atomic E-state index is -4.52. The molecule has 1 saturated heterocycles. The standard InChI is InChI=1S/C25H25F3N4O3/c1-34-21-7-6-19(14-22(21)35-16-17-8-11-29-12-9-17)31-24(33)18-4-3-13-32(15-18)23-20(25(26,27)28)5-2-10-30-23/h2,5-12,14,18H,3-4,13,15-16H2,1H3,(H,31,33). The summed E-state index contributed by atoms with van der Waals surface area (Å²) in [7, 11) is 1.52. The van der Waals surface area contributed by atoms with Gasteiger partial charge in [-0.05, 0) is 54.8 Å². The monoisotopic (exact) mass is 486 g/mol. The highest BCUT2D eigenvalue weighted by Crippen LogP contribution is 2.37. The van der Waals surface area contributed by atoms with Gasteiger partial charge in [-0.15, -0.1) is 0 Å². The molecule has 1 fully saturated rings. The molecule has 3 aromatic rings. The topological polar surface area (TPSA) is 76.6 Å². The van der Waals surface area contributed by atoms with Crippen molar-refractivity contribution in [1.82, 2.24) is 9.97 Å². The van der Waals surface area contributed by atoms with Crippen LogP contribution in [0.25, 0.3) is 0 Å². The Morgan fingerprint density at radius 3 is 2.69 bits per heavy atom. The number of carbonyl (C=O) groups is 1. The van der Waals surface area contributed by atoms with Crippen LogP contribution < -0.4 is 19.7 Å². The smallest absolute Gasteiger partial charge is 0.419 e. The third-order valence-corrected chi connectivity index (χ3v) is 5.76. The average molecular weight is 486 g/mol. The second-order valence-corrected chi connectivity index (χ2v) is 8.16. The highest BCUT2D eigenvalue weighted by atomic mass is 19.4. The summed E-state index contributed by atoms with van der Waals surface area (Å²) in [6.07, 6.45) is 1.30. The number of aromatic nitrogens is 2. The summed E-state index contributed by atoms with van der Waals surface area (Å²) in [5, 5.41) is 2.86. The van der Waals surface area contributed by atoms with Crippen LogP contribution in [-0.4, -0.2) is 36.1 Å². The molecule has 0 bridgehead atoms. The summed E-state index contributed by atoms with van der Waals surface area (Å²) in [5.74, 6) is 0.0553. The lowest BCUT2D eigenvalue weighted by Crippen LogP contribution is -2.42. The van der Waals surface area contributed by atoms with Gasteiger partial charge in [-0.1, -0.05) is 0 Å². The number of nitrogens with zero attached hydrogens (tertiary/aromatic N) is 3. The van der Waals surface area contributed by atoms with E-state index >= 15 is 0 Å². The number of hydrogen-bond donors (Lipinski definition) is 1. The maximum absolute atomic E-state index is 13.4. The number of rotatable bonds is 7. The van der Waals surface area contributed by atoms with Crippen LogP contribution in [0, 0.1) is 5.92 Å². The third-order valence-electron chi connectivity index (χ3n) is 5.76. The Morgan fingerprint density at radius 2 is 1.94 bits per heavy atom. The molecule has 0 saturated carbocycles. The molecule has 1 aromatic carbocycles. The molecule has 10 heteroatoms. The van der Waals surface area contributed by atoms with E-state index < -0.39 is 17.7 Å². The number of hydrogen-bond acceptors (Lipinski definition) is 6. The van der Waals surface area contributed by atoms with Crippen LogP contribution in [-0.2, 0) is 17.6 Å². The molecule has 1 amide bonds. The molecule has 2 aromatic heterocycles. The molecule has 1 aliphatic rings. The number of alkyl halides is 3. The minimum Gasteiger partial charge on any atom is -0.493 e. The van der Waals surface area contributed by atoms with E-state index in [-0.39, 0.29) is 18.3 Å². The van der Waals surface area contributed by atoms with Crippen molar-refractivity contribution in [2.24, 2.45) is 5.92 Å². The van der Waals surface area contributed by atoms with E-state index in [0.29, 0.717) is 43.2 Å². The lowest BCUT2D eigenvalue weighted by Gasteiger charge is -2.34. The number of halogens is 3. The van der Waals surface area contributed by atoms with Gasteiger partial charge < -0.3 is 19.7 Å². The number of pyridine rings is 2. The van der Waals surface area contributed by atoms with Gasteiger partial charge in [0.2, 0.25) is 5.91 Å². The lowest BCUT2D eigenvalue weighted by atomic mass is 9.96. The van der Waals surface area contributed by atoms with Crippen LogP contribution in [0.2, 0.25) is 0 Å². The number of ether oxygens (including phenoxy) is 2. The van der Waals surface area contributed by atoms with Crippen LogP contribution in [0.3, 0.4) is 0 Å². The Labute approximate surface area is 200 Å². The first-order valence-corrected chi connectivity index (χ1v) is 11.1. The van der Waals surface area contributed by atoms with Crippen molar-refractivity contribution in [2.45, 2.75) is 25.6 Å². The average Bonchev–Trinajstić information content (AvgIpc) is 2.88. The Hall–Kier alpha value is -3.82. The molecule has 0 aliphatic carbocycles. The molecule has 1 unspecified atom stereocenters. The predicted octanol–water partition coefficient (Wildman–Crippen LogP) is 4.94. The molecule has 3 heterocycles. The lowest BCUT2D eigenvalue weighted by molar-refractivity contribution is -0.137. The van der Waals surface area contributed by atoms with E-state index in [1.165, 1.54) is 24.3 Å². The van der Waals surface area contributed by atoms with Crippen LogP contribution >= 0.6 is 0 Å². The van der Waals surface area contributed by atoms with Crippen LogP contribution in [0.15, 0.2) is 61.1 Å². The first-order chi connectivity index (χ1) is 16.8. The predicted molar refractivity (Wildman–Crippen MR) is 124 cm³/mol. The van der Waals surface area contributed by atoms with Gasteiger partial charge in [-0.3, -0.25) is 9.78 Å². The first kappa shape index (κ1) is 24.3. The summed E-state index contributed by atoms with van der Waals surface area (Å²) in [6, 6.07) is 11.0. The fraction of sp³-hybridized carbons (Fsp3) is 0.320. The van der Waals surface area contributed by atoms with Crippen molar-refractivity contribution in [3.05, 3.63) is 72.2 Å². The second-order valence-electron chi connectivity index (χ2n) is 8.16. The normalized spacial score (nSPS) is 16.0. The maximum atomic E-state index is 13.4. The van der Waals surface area contributed by atoms with Crippen molar-refractivity contribution in [3.8, 4) is 11.5 Å². The summed E-state index contributed by atoms with van der Waals surface area (Å²) in [4.78, 5) is 22.5. The van der Waals surface area contributed by atoms with Crippen molar-refractivity contribution < 1.29 is 27.4 Å². The largest absolute Gasteiger partial charge is 0.493 e. The van der Waals surface area contributed by atoms with Crippen LogP contribution in [0.4, 0.5) is 24.7 Å². The van der Waals surface area contributed by atoms with Gasteiger partial charge in [0.25, 0.3) is 0 Å². The maximum Gasteiger partial charge on any atom is 0.419 e. The van der Waals surface area contributed by atoms with Crippen molar-refractivity contribution >= 4 is 17.4 Å². The van der Waals surface area contributed by atoms with Gasteiger partial charge in [0.15, 0.2) is 11.5 Å². The zero-order valence-corrected chi connectivity index (χ0v) is 19.1. The molecule has 184 valence electrons. The Morgan fingerprint density at radius 1 is 1.14 bits per heavy atom. The molecular weight excluding hydrogens is 461 g/mol. The number of amides is 1. The van der Waals surface area contributed by atoms with Gasteiger partial charge in [-0.2, -0.15) is 13.2 Å². The van der Waals surface area contributed by atoms with E-state index in [2.05, 4.69) is 15.3 Å².